The van der Waals surface area contributed by atoms with Gasteiger partial charge in [0.25, 0.3) is 5.91 Å². The van der Waals surface area contributed by atoms with Crippen molar-refractivity contribution in [3.05, 3.63) is 48.3 Å². The summed E-state index contributed by atoms with van der Waals surface area (Å²) in [6.45, 7) is 3.04. The molecule has 1 saturated heterocycles. The van der Waals surface area contributed by atoms with Crippen molar-refractivity contribution in [3.8, 4) is 0 Å². The fourth-order valence-electron chi connectivity index (χ4n) is 3.27. The standard InChI is InChI=1S/C17H21N5O2/c1-3-22-15(23)7-13(16(22)12-5-4-6-18-8-12)9-19-17(24)14-10-21(2)11-20-14/h4-6,8,10-11,13,16H,3,7,9H2,1-2H3,(H,19,24)/t13-,16-/m0/s1. The summed E-state index contributed by atoms with van der Waals surface area (Å²) >= 11 is 0. The van der Waals surface area contributed by atoms with Crippen LogP contribution in [0, 0.1) is 5.92 Å². The van der Waals surface area contributed by atoms with Crippen LogP contribution in [0.4, 0.5) is 0 Å². The van der Waals surface area contributed by atoms with Crippen LogP contribution in [-0.4, -0.2) is 44.3 Å². The smallest absolute Gasteiger partial charge is 0.271 e. The van der Waals surface area contributed by atoms with Crippen LogP contribution in [0.25, 0.3) is 0 Å². The maximum Gasteiger partial charge on any atom is 0.271 e. The van der Waals surface area contributed by atoms with Gasteiger partial charge < -0.3 is 14.8 Å². The van der Waals surface area contributed by atoms with Gasteiger partial charge in [0.05, 0.1) is 12.4 Å². The summed E-state index contributed by atoms with van der Waals surface area (Å²) in [6, 6.07) is 3.79. The van der Waals surface area contributed by atoms with E-state index >= 15 is 0 Å². The average molecular weight is 327 g/mol. The Hall–Kier alpha value is -2.70. The summed E-state index contributed by atoms with van der Waals surface area (Å²) in [5.74, 6) is -0.0827. The fourth-order valence-corrected chi connectivity index (χ4v) is 3.27. The normalized spacial score (nSPS) is 20.4. The zero-order chi connectivity index (χ0) is 17.1. The number of nitrogens with one attached hydrogen (secondary N) is 1. The molecular formula is C17H21N5O2. The summed E-state index contributed by atoms with van der Waals surface area (Å²) in [7, 11) is 1.82. The van der Waals surface area contributed by atoms with Crippen molar-refractivity contribution in [2.75, 3.05) is 13.1 Å². The predicted octanol–water partition coefficient (Wildman–Crippen LogP) is 1.15. The molecule has 1 aliphatic rings. The van der Waals surface area contributed by atoms with Gasteiger partial charge in [-0.3, -0.25) is 14.6 Å². The molecule has 2 amide bonds. The van der Waals surface area contributed by atoms with Gasteiger partial charge in [0.15, 0.2) is 0 Å². The molecule has 24 heavy (non-hydrogen) atoms. The van der Waals surface area contributed by atoms with Crippen LogP contribution in [0.3, 0.4) is 0 Å². The molecule has 1 fully saturated rings. The zero-order valence-electron chi connectivity index (χ0n) is 13.8. The molecule has 0 aromatic carbocycles. The minimum Gasteiger partial charge on any atom is -0.350 e. The van der Waals surface area contributed by atoms with E-state index in [0.717, 1.165) is 5.56 Å². The maximum atomic E-state index is 12.3. The van der Waals surface area contributed by atoms with Crippen molar-refractivity contribution >= 4 is 11.8 Å². The van der Waals surface area contributed by atoms with E-state index < -0.39 is 0 Å². The Bertz CT molecular complexity index is 728. The Labute approximate surface area is 140 Å². The molecule has 0 spiro atoms. The first-order valence-electron chi connectivity index (χ1n) is 8.05. The second-order valence-corrected chi connectivity index (χ2v) is 6.01. The van der Waals surface area contributed by atoms with Gasteiger partial charge in [0.2, 0.25) is 5.91 Å². The number of pyridine rings is 1. The van der Waals surface area contributed by atoms with Crippen LogP contribution >= 0.6 is 0 Å². The highest BCUT2D eigenvalue weighted by molar-refractivity contribution is 5.92. The van der Waals surface area contributed by atoms with Gasteiger partial charge in [-0.15, -0.1) is 0 Å². The van der Waals surface area contributed by atoms with Crippen molar-refractivity contribution in [1.82, 2.24) is 24.8 Å². The molecule has 126 valence electrons. The highest BCUT2D eigenvalue weighted by atomic mass is 16.2. The summed E-state index contributed by atoms with van der Waals surface area (Å²) in [5, 5.41) is 2.91. The quantitative estimate of drug-likeness (QED) is 0.893. The summed E-state index contributed by atoms with van der Waals surface area (Å²) in [4.78, 5) is 34.6. The van der Waals surface area contributed by atoms with Crippen LogP contribution in [0.2, 0.25) is 0 Å². The third-order valence-electron chi connectivity index (χ3n) is 4.37. The Morgan fingerprint density at radius 1 is 1.46 bits per heavy atom. The average Bonchev–Trinajstić information content (AvgIpc) is 3.16. The first kappa shape index (κ1) is 16.2. The third-order valence-corrected chi connectivity index (χ3v) is 4.37. The minimum atomic E-state index is -0.220. The molecule has 3 heterocycles. The van der Waals surface area contributed by atoms with Crippen LogP contribution in [0.5, 0.6) is 0 Å². The third kappa shape index (κ3) is 3.15. The van der Waals surface area contributed by atoms with Crippen molar-refractivity contribution in [2.24, 2.45) is 13.0 Å². The topological polar surface area (TPSA) is 80.1 Å². The second-order valence-electron chi connectivity index (χ2n) is 6.01. The molecule has 0 aliphatic carbocycles. The highest BCUT2D eigenvalue weighted by Crippen LogP contribution is 2.37. The number of carbonyl (C=O) groups is 2. The van der Waals surface area contributed by atoms with Crippen LogP contribution in [0.1, 0.15) is 35.4 Å². The van der Waals surface area contributed by atoms with Crippen molar-refractivity contribution in [3.63, 3.8) is 0 Å². The Kier molecular flexibility index (Phi) is 4.59. The number of aromatic nitrogens is 3. The van der Waals surface area contributed by atoms with E-state index in [1.165, 1.54) is 0 Å². The lowest BCUT2D eigenvalue weighted by atomic mass is 9.94. The molecule has 3 rings (SSSR count). The first-order chi connectivity index (χ1) is 11.6. The van der Waals surface area contributed by atoms with Crippen LogP contribution < -0.4 is 5.32 Å². The number of imidazole rings is 1. The van der Waals surface area contributed by atoms with Crippen molar-refractivity contribution in [2.45, 2.75) is 19.4 Å². The van der Waals surface area contributed by atoms with Gasteiger partial charge in [-0.25, -0.2) is 4.98 Å². The fraction of sp³-hybridized carbons (Fsp3) is 0.412. The van der Waals surface area contributed by atoms with E-state index in [4.69, 9.17) is 0 Å². The number of hydrogen-bond acceptors (Lipinski definition) is 4. The number of likely N-dealkylation sites (tertiary alicyclic amines) is 1. The van der Waals surface area contributed by atoms with Gasteiger partial charge in [-0.05, 0) is 18.6 Å². The number of nitrogens with zero attached hydrogens (tertiary/aromatic N) is 4. The Morgan fingerprint density at radius 3 is 2.92 bits per heavy atom. The second kappa shape index (κ2) is 6.82. The van der Waals surface area contributed by atoms with Crippen LogP contribution in [-0.2, 0) is 11.8 Å². The van der Waals surface area contributed by atoms with Crippen LogP contribution in [0.15, 0.2) is 37.1 Å². The summed E-state index contributed by atoms with van der Waals surface area (Å²) in [5.41, 5.74) is 1.38. The molecule has 2 aromatic heterocycles. The van der Waals surface area contributed by atoms with Crippen molar-refractivity contribution in [1.29, 1.82) is 0 Å². The lowest BCUT2D eigenvalue weighted by Gasteiger charge is -2.27. The van der Waals surface area contributed by atoms with E-state index in [1.54, 1.807) is 29.5 Å². The molecule has 7 heteroatoms. The molecule has 0 saturated carbocycles. The molecule has 2 aromatic rings. The molecule has 2 atom stereocenters. The largest absolute Gasteiger partial charge is 0.350 e. The van der Waals surface area contributed by atoms with E-state index in [9.17, 15) is 9.59 Å². The summed E-state index contributed by atoms with van der Waals surface area (Å²) in [6.07, 6.45) is 7.20. The van der Waals surface area contributed by atoms with E-state index in [1.807, 2.05) is 31.0 Å². The molecule has 7 nitrogen and oxygen atoms in total. The zero-order valence-corrected chi connectivity index (χ0v) is 13.8. The van der Waals surface area contributed by atoms with Gasteiger partial charge in [-0.2, -0.15) is 0 Å². The molecule has 0 bridgehead atoms. The predicted molar refractivity (Wildman–Crippen MR) is 88.0 cm³/mol. The van der Waals surface area contributed by atoms with E-state index in [-0.39, 0.29) is 23.8 Å². The number of carbonyl (C=O) groups excluding carboxylic acids is 2. The highest BCUT2D eigenvalue weighted by Gasteiger charge is 2.39. The van der Waals surface area contributed by atoms with Gasteiger partial charge in [0, 0.05) is 51.1 Å². The number of hydrogen-bond donors (Lipinski definition) is 1. The Morgan fingerprint density at radius 2 is 2.29 bits per heavy atom. The number of rotatable bonds is 5. The monoisotopic (exact) mass is 327 g/mol. The SMILES string of the molecule is CCN1C(=O)C[C@@H](CNC(=O)c2cn(C)cn2)[C@@H]1c1cccnc1. The van der Waals surface area contributed by atoms with Gasteiger partial charge in [0.1, 0.15) is 5.69 Å². The first-order valence-corrected chi connectivity index (χ1v) is 8.05. The molecular weight excluding hydrogens is 306 g/mol. The van der Waals surface area contributed by atoms with E-state index in [0.29, 0.717) is 25.2 Å². The van der Waals surface area contributed by atoms with Crippen molar-refractivity contribution < 1.29 is 9.59 Å². The summed E-state index contributed by atoms with van der Waals surface area (Å²) < 4.78 is 1.73. The molecule has 0 radical (unpaired) electrons. The molecule has 1 N–H and O–H groups in total. The Balaban J connectivity index is 1.73. The minimum absolute atomic E-state index is 0.0225. The molecule has 0 unspecified atom stereocenters. The number of aryl methyl sites for hydroxylation is 1. The molecule has 1 aliphatic heterocycles. The van der Waals surface area contributed by atoms with E-state index in [2.05, 4.69) is 15.3 Å². The van der Waals surface area contributed by atoms with Gasteiger partial charge in [-0.1, -0.05) is 6.07 Å². The maximum absolute atomic E-state index is 12.3. The lowest BCUT2D eigenvalue weighted by Crippen LogP contribution is -2.34. The lowest BCUT2D eigenvalue weighted by molar-refractivity contribution is -0.128. The number of amides is 2. The van der Waals surface area contributed by atoms with Gasteiger partial charge >= 0.3 is 0 Å².